The third kappa shape index (κ3) is 3.42. The van der Waals surface area contributed by atoms with E-state index in [4.69, 9.17) is 4.74 Å². The number of ether oxygens (including phenoxy) is 1. The largest absolute Gasteiger partial charge is 0.465 e. The Morgan fingerprint density at radius 3 is 2.85 bits per heavy atom. The van der Waals surface area contributed by atoms with Gasteiger partial charge < -0.3 is 15.4 Å². The summed E-state index contributed by atoms with van der Waals surface area (Å²) in [6, 6.07) is 7.68. The lowest BCUT2D eigenvalue weighted by Crippen LogP contribution is -2.18. The van der Waals surface area contributed by atoms with E-state index >= 15 is 0 Å². The Morgan fingerprint density at radius 1 is 1.30 bits per heavy atom. The molecule has 1 heterocycles. The SMILES string of the molecule is CCOC(=O)CNc1nc(CNC)nc2ccccc12. The van der Waals surface area contributed by atoms with E-state index in [1.54, 1.807) is 6.92 Å². The van der Waals surface area contributed by atoms with Crippen LogP contribution in [0.1, 0.15) is 12.7 Å². The summed E-state index contributed by atoms with van der Waals surface area (Å²) in [5.41, 5.74) is 0.846. The van der Waals surface area contributed by atoms with Gasteiger partial charge in [0.15, 0.2) is 0 Å². The van der Waals surface area contributed by atoms with Gasteiger partial charge in [-0.1, -0.05) is 12.1 Å². The molecule has 0 fully saturated rings. The van der Waals surface area contributed by atoms with Crippen molar-refractivity contribution in [1.29, 1.82) is 0 Å². The van der Waals surface area contributed by atoms with E-state index < -0.39 is 0 Å². The van der Waals surface area contributed by atoms with E-state index in [0.29, 0.717) is 24.8 Å². The molecule has 106 valence electrons. The summed E-state index contributed by atoms with van der Waals surface area (Å²) in [5, 5.41) is 6.92. The van der Waals surface area contributed by atoms with Crippen molar-refractivity contribution < 1.29 is 9.53 Å². The summed E-state index contributed by atoms with van der Waals surface area (Å²) >= 11 is 0. The van der Waals surface area contributed by atoms with Gasteiger partial charge in [0, 0.05) is 5.39 Å². The van der Waals surface area contributed by atoms with Crippen molar-refractivity contribution in [1.82, 2.24) is 15.3 Å². The second kappa shape index (κ2) is 6.81. The molecule has 0 saturated heterocycles. The number of esters is 1. The van der Waals surface area contributed by atoms with Gasteiger partial charge in [-0.2, -0.15) is 0 Å². The molecule has 0 radical (unpaired) electrons. The molecule has 1 aromatic heterocycles. The highest BCUT2D eigenvalue weighted by Gasteiger charge is 2.08. The molecule has 2 rings (SSSR count). The predicted octanol–water partition coefficient (Wildman–Crippen LogP) is 1.32. The van der Waals surface area contributed by atoms with E-state index in [2.05, 4.69) is 20.6 Å². The molecule has 0 spiro atoms. The Balaban J connectivity index is 2.27. The Kier molecular flexibility index (Phi) is 4.84. The minimum absolute atomic E-state index is 0.0911. The molecular formula is C14H18N4O2. The first-order chi connectivity index (χ1) is 9.74. The minimum atomic E-state index is -0.301. The van der Waals surface area contributed by atoms with Crippen LogP contribution in [-0.2, 0) is 16.1 Å². The normalized spacial score (nSPS) is 10.5. The van der Waals surface area contributed by atoms with E-state index in [1.807, 2.05) is 31.3 Å². The number of nitrogens with zero attached hydrogens (tertiary/aromatic N) is 2. The molecule has 0 aliphatic rings. The van der Waals surface area contributed by atoms with Crippen LogP contribution in [-0.4, -0.2) is 36.1 Å². The third-order valence-electron chi connectivity index (χ3n) is 2.69. The van der Waals surface area contributed by atoms with Gasteiger partial charge in [-0.05, 0) is 26.1 Å². The van der Waals surface area contributed by atoms with E-state index in [1.165, 1.54) is 0 Å². The number of hydrogen-bond acceptors (Lipinski definition) is 6. The second-order valence-electron chi connectivity index (χ2n) is 4.19. The molecule has 0 bridgehead atoms. The zero-order valence-corrected chi connectivity index (χ0v) is 11.6. The van der Waals surface area contributed by atoms with Crippen molar-refractivity contribution in [3.8, 4) is 0 Å². The summed E-state index contributed by atoms with van der Waals surface area (Å²) in [5.74, 6) is 1.02. The maximum atomic E-state index is 11.4. The molecule has 0 amide bonds. The number of aromatic nitrogens is 2. The van der Waals surface area contributed by atoms with Gasteiger partial charge in [-0.25, -0.2) is 9.97 Å². The zero-order chi connectivity index (χ0) is 14.4. The second-order valence-corrected chi connectivity index (χ2v) is 4.19. The Bertz CT molecular complexity index is 601. The van der Waals surface area contributed by atoms with Crippen molar-refractivity contribution >= 4 is 22.7 Å². The highest BCUT2D eigenvalue weighted by molar-refractivity contribution is 5.90. The average molecular weight is 274 g/mol. The molecule has 0 atom stereocenters. The maximum absolute atomic E-state index is 11.4. The van der Waals surface area contributed by atoms with Crippen LogP contribution >= 0.6 is 0 Å². The number of carbonyl (C=O) groups excluding carboxylic acids is 1. The van der Waals surface area contributed by atoms with Crippen LogP contribution in [0.15, 0.2) is 24.3 Å². The zero-order valence-electron chi connectivity index (χ0n) is 11.6. The quantitative estimate of drug-likeness (QED) is 0.774. The summed E-state index contributed by atoms with van der Waals surface area (Å²) < 4.78 is 4.90. The van der Waals surface area contributed by atoms with Crippen LogP contribution in [0, 0.1) is 0 Å². The van der Waals surface area contributed by atoms with Crippen LogP contribution in [0.4, 0.5) is 5.82 Å². The number of hydrogen-bond donors (Lipinski definition) is 2. The van der Waals surface area contributed by atoms with Crippen molar-refractivity contribution in [3.63, 3.8) is 0 Å². The number of rotatable bonds is 6. The molecule has 0 unspecified atom stereocenters. The summed E-state index contributed by atoms with van der Waals surface area (Å²) in [7, 11) is 1.84. The smallest absolute Gasteiger partial charge is 0.325 e. The fourth-order valence-corrected chi connectivity index (χ4v) is 1.86. The fourth-order valence-electron chi connectivity index (χ4n) is 1.86. The van der Waals surface area contributed by atoms with Gasteiger partial charge in [0.05, 0.1) is 18.7 Å². The van der Waals surface area contributed by atoms with Crippen LogP contribution in [0.2, 0.25) is 0 Å². The number of para-hydroxylation sites is 1. The van der Waals surface area contributed by atoms with E-state index in [0.717, 1.165) is 10.9 Å². The summed E-state index contributed by atoms with van der Waals surface area (Å²) in [4.78, 5) is 20.3. The van der Waals surface area contributed by atoms with Crippen molar-refractivity contribution in [2.24, 2.45) is 0 Å². The third-order valence-corrected chi connectivity index (χ3v) is 2.69. The Morgan fingerprint density at radius 2 is 2.10 bits per heavy atom. The van der Waals surface area contributed by atoms with Crippen molar-refractivity contribution in [2.45, 2.75) is 13.5 Å². The lowest BCUT2D eigenvalue weighted by atomic mass is 10.2. The topological polar surface area (TPSA) is 76.1 Å². The van der Waals surface area contributed by atoms with Crippen LogP contribution in [0.3, 0.4) is 0 Å². The molecule has 2 N–H and O–H groups in total. The fraction of sp³-hybridized carbons (Fsp3) is 0.357. The summed E-state index contributed by atoms with van der Waals surface area (Å²) in [6.45, 7) is 2.81. The van der Waals surface area contributed by atoms with E-state index in [-0.39, 0.29) is 12.5 Å². The molecule has 0 aliphatic carbocycles. The van der Waals surface area contributed by atoms with Gasteiger partial charge in [-0.3, -0.25) is 4.79 Å². The van der Waals surface area contributed by atoms with Gasteiger partial charge >= 0.3 is 5.97 Å². The van der Waals surface area contributed by atoms with Gasteiger partial charge in [0.1, 0.15) is 18.2 Å². The molecule has 2 aromatic rings. The highest BCUT2D eigenvalue weighted by Crippen LogP contribution is 2.19. The lowest BCUT2D eigenvalue weighted by Gasteiger charge is -2.10. The first kappa shape index (κ1) is 14.2. The Hall–Kier alpha value is -2.21. The van der Waals surface area contributed by atoms with E-state index in [9.17, 15) is 4.79 Å². The average Bonchev–Trinajstić information content (AvgIpc) is 2.45. The molecule has 0 aliphatic heterocycles. The maximum Gasteiger partial charge on any atom is 0.325 e. The van der Waals surface area contributed by atoms with Crippen molar-refractivity contribution in [3.05, 3.63) is 30.1 Å². The summed E-state index contributed by atoms with van der Waals surface area (Å²) in [6.07, 6.45) is 0. The first-order valence-electron chi connectivity index (χ1n) is 6.54. The Labute approximate surface area is 117 Å². The molecular weight excluding hydrogens is 256 g/mol. The number of carbonyl (C=O) groups is 1. The minimum Gasteiger partial charge on any atom is -0.465 e. The molecule has 6 heteroatoms. The monoisotopic (exact) mass is 274 g/mol. The van der Waals surface area contributed by atoms with Crippen LogP contribution in [0.25, 0.3) is 10.9 Å². The van der Waals surface area contributed by atoms with Crippen molar-refractivity contribution in [2.75, 3.05) is 25.5 Å². The first-order valence-corrected chi connectivity index (χ1v) is 6.54. The molecule has 20 heavy (non-hydrogen) atoms. The lowest BCUT2D eigenvalue weighted by molar-refractivity contribution is -0.140. The van der Waals surface area contributed by atoms with Gasteiger partial charge in [-0.15, -0.1) is 0 Å². The number of benzene rings is 1. The standard InChI is InChI=1S/C14H18N4O2/c1-3-20-13(19)9-16-14-10-6-4-5-7-11(10)17-12(18-14)8-15-2/h4-7,15H,3,8-9H2,1-2H3,(H,16,17,18). The van der Waals surface area contributed by atoms with Crippen LogP contribution < -0.4 is 10.6 Å². The molecule has 0 saturated carbocycles. The van der Waals surface area contributed by atoms with Gasteiger partial charge in [0.2, 0.25) is 0 Å². The predicted molar refractivity (Wildman–Crippen MR) is 77.4 cm³/mol. The number of fused-ring (bicyclic) bond motifs is 1. The molecule has 6 nitrogen and oxygen atoms in total. The van der Waals surface area contributed by atoms with Crippen LogP contribution in [0.5, 0.6) is 0 Å². The number of nitrogens with one attached hydrogen (secondary N) is 2. The molecule has 1 aromatic carbocycles. The van der Waals surface area contributed by atoms with Gasteiger partial charge in [0.25, 0.3) is 0 Å². The number of anilines is 1. The highest BCUT2D eigenvalue weighted by atomic mass is 16.5.